The molecule has 0 unspecified atom stereocenters. The van der Waals surface area contributed by atoms with Crippen molar-refractivity contribution in [3.8, 4) is 0 Å². The van der Waals surface area contributed by atoms with Crippen LogP contribution in [0.25, 0.3) is 10.9 Å². The molecule has 1 aromatic carbocycles. The molecule has 0 bridgehead atoms. The Labute approximate surface area is 117 Å². The van der Waals surface area contributed by atoms with E-state index in [9.17, 15) is 9.59 Å². The highest BCUT2D eigenvalue weighted by molar-refractivity contribution is 6.00. The maximum atomic E-state index is 11.8. The van der Waals surface area contributed by atoms with Gasteiger partial charge in [-0.15, -0.1) is 0 Å². The van der Waals surface area contributed by atoms with Crippen LogP contribution in [0.15, 0.2) is 36.5 Å². The van der Waals surface area contributed by atoms with Gasteiger partial charge in [-0.05, 0) is 18.1 Å². The number of pyridine rings is 1. The predicted molar refractivity (Wildman–Crippen MR) is 76.3 cm³/mol. The lowest BCUT2D eigenvalue weighted by Gasteiger charge is -2.26. The number of carbonyl (C=O) groups is 2. The van der Waals surface area contributed by atoms with Crippen molar-refractivity contribution >= 4 is 22.6 Å². The van der Waals surface area contributed by atoms with Gasteiger partial charge in [-0.3, -0.25) is 14.6 Å². The molecule has 4 nitrogen and oxygen atoms in total. The first kappa shape index (κ1) is 12.8. The van der Waals surface area contributed by atoms with E-state index in [4.69, 9.17) is 0 Å². The first-order valence-electron chi connectivity index (χ1n) is 6.86. The molecule has 0 atom stereocenters. The molecule has 0 spiro atoms. The Morgan fingerprint density at radius 3 is 2.85 bits per heavy atom. The average Bonchev–Trinajstić information content (AvgIpc) is 2.46. The predicted octanol–water partition coefficient (Wildman–Crippen LogP) is 1.97. The minimum Gasteiger partial charge on any atom is -0.342 e. The highest BCUT2D eigenvalue weighted by Crippen LogP contribution is 2.17. The number of Topliss-reactive ketones (excluding diaryl/α,β-unsaturated/α-hetero) is 1. The van der Waals surface area contributed by atoms with Crippen molar-refractivity contribution < 1.29 is 9.59 Å². The highest BCUT2D eigenvalue weighted by atomic mass is 16.2. The normalized spacial score (nSPS) is 15.9. The second-order valence-electron chi connectivity index (χ2n) is 5.09. The van der Waals surface area contributed by atoms with E-state index in [1.807, 2.05) is 24.3 Å². The van der Waals surface area contributed by atoms with Gasteiger partial charge in [-0.1, -0.05) is 24.3 Å². The zero-order chi connectivity index (χ0) is 13.9. The van der Waals surface area contributed by atoms with Crippen LogP contribution >= 0.6 is 0 Å². The molecule has 1 fully saturated rings. The first-order chi connectivity index (χ1) is 9.74. The average molecular weight is 268 g/mol. The zero-order valence-corrected chi connectivity index (χ0v) is 11.2. The topological polar surface area (TPSA) is 50.3 Å². The Morgan fingerprint density at radius 1 is 1.15 bits per heavy atom. The van der Waals surface area contributed by atoms with Gasteiger partial charge in [0, 0.05) is 31.1 Å². The van der Waals surface area contributed by atoms with Crippen molar-refractivity contribution in [1.82, 2.24) is 9.88 Å². The molecule has 20 heavy (non-hydrogen) atoms. The molecule has 0 radical (unpaired) electrons. The summed E-state index contributed by atoms with van der Waals surface area (Å²) in [5.41, 5.74) is 2.14. The Morgan fingerprint density at radius 2 is 2.00 bits per heavy atom. The lowest BCUT2D eigenvalue weighted by atomic mass is 10.0. The van der Waals surface area contributed by atoms with Crippen molar-refractivity contribution in [3.05, 3.63) is 42.1 Å². The van der Waals surface area contributed by atoms with Gasteiger partial charge in [0.1, 0.15) is 5.78 Å². The number of fused-ring (bicyclic) bond motifs is 1. The van der Waals surface area contributed by atoms with E-state index in [0.717, 1.165) is 22.9 Å². The van der Waals surface area contributed by atoms with Crippen molar-refractivity contribution in [1.29, 1.82) is 0 Å². The van der Waals surface area contributed by atoms with Gasteiger partial charge in [-0.2, -0.15) is 0 Å². The molecule has 0 N–H and O–H groups in total. The molecule has 2 aromatic rings. The summed E-state index contributed by atoms with van der Waals surface area (Å²) < 4.78 is 0. The van der Waals surface area contributed by atoms with Crippen molar-refractivity contribution in [2.45, 2.75) is 19.3 Å². The van der Waals surface area contributed by atoms with E-state index < -0.39 is 0 Å². The molecule has 1 aliphatic rings. The number of ketones is 1. The number of nitrogens with zero attached hydrogens (tertiary/aromatic N) is 2. The first-order valence-corrected chi connectivity index (χ1v) is 6.86. The van der Waals surface area contributed by atoms with Crippen LogP contribution in [-0.4, -0.2) is 34.7 Å². The summed E-state index contributed by atoms with van der Waals surface area (Å²) in [5, 5.41) is 1.12. The fraction of sp³-hybridized carbons (Fsp3) is 0.312. The SMILES string of the molecule is O=C1CCN(CCc2cccc3cccnc23)C(=O)C1. The van der Waals surface area contributed by atoms with Crippen LogP contribution in [0.3, 0.4) is 0 Å². The van der Waals surface area contributed by atoms with E-state index in [0.29, 0.717) is 19.5 Å². The van der Waals surface area contributed by atoms with Gasteiger partial charge < -0.3 is 4.90 Å². The number of hydrogen-bond donors (Lipinski definition) is 0. The van der Waals surface area contributed by atoms with E-state index in [2.05, 4.69) is 11.1 Å². The van der Waals surface area contributed by atoms with Crippen molar-refractivity contribution in [2.24, 2.45) is 0 Å². The third-order valence-electron chi connectivity index (χ3n) is 3.73. The van der Waals surface area contributed by atoms with Crippen LogP contribution in [0, 0.1) is 0 Å². The lowest BCUT2D eigenvalue weighted by molar-refractivity contribution is -0.139. The third-order valence-corrected chi connectivity index (χ3v) is 3.73. The number of likely N-dealkylation sites (tertiary alicyclic amines) is 1. The molecule has 0 aliphatic carbocycles. The molecule has 1 aromatic heterocycles. The monoisotopic (exact) mass is 268 g/mol. The van der Waals surface area contributed by atoms with Crippen LogP contribution in [0.4, 0.5) is 0 Å². The number of amides is 1. The Balaban J connectivity index is 1.74. The quantitative estimate of drug-likeness (QED) is 0.800. The van der Waals surface area contributed by atoms with E-state index in [1.165, 1.54) is 0 Å². The van der Waals surface area contributed by atoms with E-state index >= 15 is 0 Å². The van der Waals surface area contributed by atoms with Crippen LogP contribution < -0.4 is 0 Å². The van der Waals surface area contributed by atoms with Crippen molar-refractivity contribution in [3.63, 3.8) is 0 Å². The summed E-state index contributed by atoms with van der Waals surface area (Å²) in [7, 11) is 0. The van der Waals surface area contributed by atoms with Gasteiger partial charge >= 0.3 is 0 Å². The second kappa shape index (κ2) is 5.41. The van der Waals surface area contributed by atoms with Crippen LogP contribution in [-0.2, 0) is 16.0 Å². The largest absolute Gasteiger partial charge is 0.342 e. The van der Waals surface area contributed by atoms with Crippen LogP contribution in [0.1, 0.15) is 18.4 Å². The van der Waals surface area contributed by atoms with E-state index in [-0.39, 0.29) is 18.1 Å². The summed E-state index contributed by atoms with van der Waals surface area (Å²) in [6, 6.07) is 10.1. The number of benzene rings is 1. The highest BCUT2D eigenvalue weighted by Gasteiger charge is 2.23. The molecular formula is C16H16N2O2. The zero-order valence-electron chi connectivity index (χ0n) is 11.2. The minimum atomic E-state index is -0.0468. The maximum Gasteiger partial charge on any atom is 0.230 e. The molecule has 1 amide bonds. The second-order valence-corrected chi connectivity index (χ2v) is 5.09. The lowest BCUT2D eigenvalue weighted by Crippen LogP contribution is -2.40. The number of carbonyl (C=O) groups excluding carboxylic acids is 2. The van der Waals surface area contributed by atoms with Crippen LogP contribution in [0.2, 0.25) is 0 Å². The number of para-hydroxylation sites is 1. The Kier molecular flexibility index (Phi) is 3.46. The fourth-order valence-corrected chi connectivity index (χ4v) is 2.61. The smallest absolute Gasteiger partial charge is 0.230 e. The molecule has 3 rings (SSSR count). The molecule has 1 saturated heterocycles. The standard InChI is InChI=1S/C16H16N2O2/c19-14-7-10-18(15(20)11-14)9-6-13-4-1-3-12-5-2-8-17-16(12)13/h1-5,8H,6-7,9-11H2. The summed E-state index contributed by atoms with van der Waals surface area (Å²) >= 11 is 0. The molecule has 102 valence electrons. The molecule has 2 heterocycles. The molecule has 4 heteroatoms. The Bertz CT molecular complexity index is 661. The minimum absolute atomic E-state index is 0.0468. The number of hydrogen-bond acceptors (Lipinski definition) is 3. The third kappa shape index (κ3) is 2.54. The number of rotatable bonds is 3. The van der Waals surface area contributed by atoms with Crippen LogP contribution in [0.5, 0.6) is 0 Å². The van der Waals surface area contributed by atoms with Gasteiger partial charge in [0.2, 0.25) is 5.91 Å². The summed E-state index contributed by atoms with van der Waals surface area (Å²) in [6.07, 6.45) is 3.11. The van der Waals surface area contributed by atoms with E-state index in [1.54, 1.807) is 11.1 Å². The summed E-state index contributed by atoms with van der Waals surface area (Å²) in [6.45, 7) is 1.21. The van der Waals surface area contributed by atoms with Crippen molar-refractivity contribution in [2.75, 3.05) is 13.1 Å². The number of piperidine rings is 1. The number of aromatic nitrogens is 1. The van der Waals surface area contributed by atoms with Gasteiger partial charge in [-0.25, -0.2) is 0 Å². The maximum absolute atomic E-state index is 11.8. The summed E-state index contributed by atoms with van der Waals surface area (Å²) in [5.74, 6) is 0.00697. The fourth-order valence-electron chi connectivity index (χ4n) is 2.61. The molecule has 0 saturated carbocycles. The summed E-state index contributed by atoms with van der Waals surface area (Å²) in [4.78, 5) is 29.2. The van der Waals surface area contributed by atoms with Gasteiger partial charge in [0.25, 0.3) is 0 Å². The molecular weight excluding hydrogens is 252 g/mol. The Hall–Kier alpha value is -2.23. The van der Waals surface area contributed by atoms with Gasteiger partial charge in [0.05, 0.1) is 11.9 Å². The molecule has 1 aliphatic heterocycles. The van der Waals surface area contributed by atoms with Gasteiger partial charge in [0.15, 0.2) is 0 Å².